The number of nitrogen functional groups attached to an aromatic ring is 1. The number of amidine groups is 1. The first-order valence-corrected chi connectivity index (χ1v) is 6.70. The van der Waals surface area contributed by atoms with Gasteiger partial charge in [-0.3, -0.25) is 5.41 Å². The third-order valence-electron chi connectivity index (χ3n) is 3.60. The Kier molecular flexibility index (Phi) is 3.73. The third-order valence-corrected chi connectivity index (χ3v) is 3.60. The lowest BCUT2D eigenvalue weighted by atomic mass is 9.71. The van der Waals surface area contributed by atoms with E-state index in [4.69, 9.17) is 15.9 Å². The minimum atomic E-state index is -0.0342. The van der Waals surface area contributed by atoms with Gasteiger partial charge in [-0.25, -0.2) is 0 Å². The van der Waals surface area contributed by atoms with Crippen molar-refractivity contribution >= 4 is 5.84 Å². The second-order valence-electron chi connectivity index (χ2n) is 6.32. The second-order valence-corrected chi connectivity index (χ2v) is 6.32. The van der Waals surface area contributed by atoms with Gasteiger partial charge in [-0.15, -0.1) is 5.10 Å². The molecule has 1 aliphatic rings. The van der Waals surface area contributed by atoms with Crippen LogP contribution in [0.5, 0.6) is 5.88 Å². The summed E-state index contributed by atoms with van der Waals surface area (Å²) in [5.74, 6) is 0.976. The highest BCUT2D eigenvalue weighted by Gasteiger charge is 2.33. The van der Waals surface area contributed by atoms with Crippen molar-refractivity contribution in [3.05, 3.63) is 17.8 Å². The van der Waals surface area contributed by atoms with Gasteiger partial charge in [-0.2, -0.15) is 5.10 Å². The van der Waals surface area contributed by atoms with Crippen LogP contribution in [0, 0.1) is 16.7 Å². The van der Waals surface area contributed by atoms with Crippen molar-refractivity contribution < 1.29 is 4.74 Å². The van der Waals surface area contributed by atoms with Crippen molar-refractivity contribution in [2.45, 2.75) is 46.1 Å². The van der Waals surface area contributed by atoms with Crippen LogP contribution in [-0.2, 0) is 0 Å². The summed E-state index contributed by atoms with van der Waals surface area (Å²) in [5.41, 5.74) is 6.33. The van der Waals surface area contributed by atoms with E-state index >= 15 is 0 Å². The van der Waals surface area contributed by atoms with Gasteiger partial charge in [0.1, 0.15) is 11.9 Å². The minimum absolute atomic E-state index is 0.0342. The Bertz CT molecular complexity index is 472. The van der Waals surface area contributed by atoms with Gasteiger partial charge < -0.3 is 10.5 Å². The molecule has 0 aromatic carbocycles. The van der Waals surface area contributed by atoms with Crippen molar-refractivity contribution in [1.82, 2.24) is 10.2 Å². The van der Waals surface area contributed by atoms with Gasteiger partial charge in [0.2, 0.25) is 5.88 Å². The summed E-state index contributed by atoms with van der Waals surface area (Å²) in [4.78, 5) is 0. The summed E-state index contributed by atoms with van der Waals surface area (Å²) in [6, 6.07) is 1.67. The molecule has 2 atom stereocenters. The molecule has 1 saturated carbocycles. The van der Waals surface area contributed by atoms with Crippen molar-refractivity contribution in [1.29, 1.82) is 5.41 Å². The van der Waals surface area contributed by atoms with Crippen molar-refractivity contribution in [2.24, 2.45) is 17.1 Å². The highest BCUT2D eigenvalue weighted by molar-refractivity contribution is 5.96. The Labute approximate surface area is 114 Å². The van der Waals surface area contributed by atoms with E-state index in [9.17, 15) is 0 Å². The zero-order valence-corrected chi connectivity index (χ0v) is 11.8. The summed E-state index contributed by atoms with van der Waals surface area (Å²) in [6.45, 7) is 6.78. The van der Waals surface area contributed by atoms with E-state index in [1.54, 1.807) is 6.07 Å². The molecule has 104 valence electrons. The maximum Gasteiger partial charge on any atom is 0.244 e. The van der Waals surface area contributed by atoms with E-state index in [-0.39, 0.29) is 17.4 Å². The summed E-state index contributed by atoms with van der Waals surface area (Å²) in [7, 11) is 0. The molecule has 3 N–H and O–H groups in total. The number of nitrogens with one attached hydrogen (secondary N) is 1. The highest BCUT2D eigenvalue weighted by atomic mass is 16.5. The fourth-order valence-electron chi connectivity index (χ4n) is 3.12. The molecule has 5 heteroatoms. The molecule has 1 heterocycles. The lowest BCUT2D eigenvalue weighted by Crippen LogP contribution is -2.35. The van der Waals surface area contributed by atoms with Crippen molar-refractivity contribution in [3.63, 3.8) is 0 Å². The zero-order chi connectivity index (χ0) is 14.0. The Morgan fingerprint density at radius 2 is 2.21 bits per heavy atom. The smallest absolute Gasteiger partial charge is 0.244 e. The Morgan fingerprint density at radius 1 is 1.47 bits per heavy atom. The first-order valence-electron chi connectivity index (χ1n) is 6.70. The summed E-state index contributed by atoms with van der Waals surface area (Å²) >= 11 is 0. The van der Waals surface area contributed by atoms with E-state index < -0.39 is 0 Å². The van der Waals surface area contributed by atoms with Crippen LogP contribution < -0.4 is 10.5 Å². The van der Waals surface area contributed by atoms with E-state index in [1.807, 2.05) is 0 Å². The standard InChI is InChI=1S/C14H22N4O/c1-9-6-10(8-14(2,3)7-9)19-13-11(12(15)16)4-5-17-18-13/h4-5,9-10H,6-8H2,1-3H3,(H3,15,16). The van der Waals surface area contributed by atoms with Crippen LogP contribution in [0.25, 0.3) is 0 Å². The average molecular weight is 262 g/mol. The number of hydrogen-bond acceptors (Lipinski definition) is 4. The van der Waals surface area contributed by atoms with Gasteiger partial charge >= 0.3 is 0 Å². The van der Waals surface area contributed by atoms with E-state index in [0.29, 0.717) is 17.4 Å². The van der Waals surface area contributed by atoms with Crippen LogP contribution in [0.3, 0.4) is 0 Å². The van der Waals surface area contributed by atoms with Gasteiger partial charge in [-0.05, 0) is 36.7 Å². The molecule has 0 spiro atoms. The molecule has 0 radical (unpaired) electrons. The van der Waals surface area contributed by atoms with Crippen LogP contribution in [-0.4, -0.2) is 22.1 Å². The third kappa shape index (κ3) is 3.43. The van der Waals surface area contributed by atoms with Crippen LogP contribution >= 0.6 is 0 Å². The van der Waals surface area contributed by atoms with Gasteiger partial charge in [-0.1, -0.05) is 20.8 Å². The molecule has 0 amide bonds. The van der Waals surface area contributed by atoms with Gasteiger partial charge in [0, 0.05) is 0 Å². The van der Waals surface area contributed by atoms with Gasteiger partial charge in [0.05, 0.1) is 11.8 Å². The van der Waals surface area contributed by atoms with E-state index in [1.165, 1.54) is 12.6 Å². The minimum Gasteiger partial charge on any atom is -0.473 e. The molecule has 1 aliphatic carbocycles. The fourth-order valence-corrected chi connectivity index (χ4v) is 3.12. The molecular weight excluding hydrogens is 240 g/mol. The highest BCUT2D eigenvalue weighted by Crippen LogP contribution is 2.39. The predicted octanol–water partition coefficient (Wildman–Crippen LogP) is 2.35. The van der Waals surface area contributed by atoms with Gasteiger partial charge in [0.25, 0.3) is 0 Å². The summed E-state index contributed by atoms with van der Waals surface area (Å²) < 4.78 is 5.96. The molecule has 1 aromatic heterocycles. The van der Waals surface area contributed by atoms with Crippen LogP contribution in [0.15, 0.2) is 12.3 Å². The van der Waals surface area contributed by atoms with Crippen LogP contribution in [0.2, 0.25) is 0 Å². The largest absolute Gasteiger partial charge is 0.473 e. The SMILES string of the molecule is CC1CC(Oc2nnccc2C(=N)N)CC(C)(C)C1. The maximum atomic E-state index is 7.54. The van der Waals surface area contributed by atoms with Gasteiger partial charge in [0.15, 0.2) is 0 Å². The molecule has 1 aromatic rings. The lowest BCUT2D eigenvalue weighted by Gasteiger charge is -2.38. The fraction of sp³-hybridized carbons (Fsp3) is 0.643. The Balaban J connectivity index is 2.15. The molecule has 5 nitrogen and oxygen atoms in total. The first kappa shape index (κ1) is 13.8. The monoisotopic (exact) mass is 262 g/mol. The molecule has 1 fully saturated rings. The second kappa shape index (κ2) is 5.15. The van der Waals surface area contributed by atoms with Crippen LogP contribution in [0.4, 0.5) is 0 Å². The average Bonchev–Trinajstić information content (AvgIpc) is 2.26. The normalized spacial score (nSPS) is 25.8. The number of rotatable bonds is 3. The molecule has 19 heavy (non-hydrogen) atoms. The zero-order valence-electron chi connectivity index (χ0n) is 11.8. The number of nitrogens with zero attached hydrogens (tertiary/aromatic N) is 2. The number of hydrogen-bond donors (Lipinski definition) is 2. The quantitative estimate of drug-likeness (QED) is 0.647. The predicted molar refractivity (Wildman–Crippen MR) is 74.3 cm³/mol. The molecule has 2 unspecified atom stereocenters. The number of nitrogens with two attached hydrogens (primary N) is 1. The van der Waals surface area contributed by atoms with Crippen molar-refractivity contribution in [3.8, 4) is 5.88 Å². The molecule has 0 bridgehead atoms. The topological polar surface area (TPSA) is 84.9 Å². The molecule has 0 aliphatic heterocycles. The summed E-state index contributed by atoms with van der Waals surface area (Å²) in [5, 5.41) is 15.3. The maximum absolute atomic E-state index is 7.54. The lowest BCUT2D eigenvalue weighted by molar-refractivity contribution is 0.0524. The molecule has 2 rings (SSSR count). The molecule has 0 saturated heterocycles. The Hall–Kier alpha value is -1.65. The van der Waals surface area contributed by atoms with E-state index in [0.717, 1.165) is 12.8 Å². The number of ether oxygens (including phenoxy) is 1. The number of aromatic nitrogens is 2. The summed E-state index contributed by atoms with van der Waals surface area (Å²) in [6.07, 6.45) is 4.86. The molecular formula is C14H22N4O. The Morgan fingerprint density at radius 3 is 2.84 bits per heavy atom. The van der Waals surface area contributed by atoms with E-state index in [2.05, 4.69) is 31.0 Å². The van der Waals surface area contributed by atoms with Crippen molar-refractivity contribution in [2.75, 3.05) is 0 Å². The van der Waals surface area contributed by atoms with Crippen LogP contribution in [0.1, 0.15) is 45.6 Å². The first-order chi connectivity index (χ1) is 8.87.